The van der Waals surface area contributed by atoms with Crippen LogP contribution in [0.4, 0.5) is 0 Å². The molecule has 0 heterocycles. The summed E-state index contributed by atoms with van der Waals surface area (Å²) in [5, 5.41) is 9.93. The highest BCUT2D eigenvalue weighted by Gasteiger charge is 2.00. The summed E-state index contributed by atoms with van der Waals surface area (Å²) in [6.07, 6.45) is 0. The third-order valence-corrected chi connectivity index (χ3v) is 1.87. The first-order chi connectivity index (χ1) is 7.61. The van der Waals surface area contributed by atoms with E-state index in [9.17, 15) is 4.79 Å². The normalized spacial score (nSPS) is 8.81. The van der Waals surface area contributed by atoms with Crippen LogP contribution in [0.15, 0.2) is 24.3 Å². The molecule has 0 saturated heterocycles. The molecule has 16 heavy (non-hydrogen) atoms. The lowest BCUT2D eigenvalue weighted by Crippen LogP contribution is -2.19. The fourth-order valence-electron chi connectivity index (χ4n) is 1.14. The third kappa shape index (κ3) is 3.46. The van der Waals surface area contributed by atoms with Crippen molar-refractivity contribution in [2.75, 3.05) is 6.54 Å². The van der Waals surface area contributed by atoms with Crippen LogP contribution in [0.1, 0.15) is 18.1 Å². The molecule has 0 bridgehead atoms. The molecule has 0 aliphatic heterocycles. The van der Waals surface area contributed by atoms with Gasteiger partial charge < -0.3 is 11.1 Å². The fourth-order valence-corrected chi connectivity index (χ4v) is 1.14. The Bertz CT molecular complexity index is 469. The summed E-state index contributed by atoms with van der Waals surface area (Å²) >= 11 is 0. The molecule has 0 aliphatic carbocycles. The highest BCUT2D eigenvalue weighted by molar-refractivity contribution is 5.97. The molecular weight excluding hydrogens is 202 g/mol. The van der Waals surface area contributed by atoms with Crippen LogP contribution in [0.2, 0.25) is 0 Å². The predicted octanol–water partition coefficient (Wildman–Crippen LogP) is 0.458. The Labute approximate surface area is 94.4 Å². The molecule has 0 fully saturated rings. The summed E-state index contributed by atoms with van der Waals surface area (Å²) in [6, 6.07) is 7.16. The number of nitrogen functional groups attached to an aromatic ring is 1. The summed E-state index contributed by atoms with van der Waals surface area (Å²) in [4.78, 5) is 10.6. The zero-order chi connectivity index (χ0) is 12.0. The van der Waals surface area contributed by atoms with Crippen LogP contribution >= 0.6 is 0 Å². The molecule has 1 aromatic rings. The molecule has 4 heteroatoms. The maximum atomic E-state index is 10.6. The molecule has 0 aromatic heterocycles. The van der Waals surface area contributed by atoms with Gasteiger partial charge in [0.05, 0.1) is 6.54 Å². The lowest BCUT2D eigenvalue weighted by atomic mass is 10.1. The second-order valence-corrected chi connectivity index (χ2v) is 3.17. The summed E-state index contributed by atoms with van der Waals surface area (Å²) in [5.41, 5.74) is 6.72. The maximum Gasteiger partial charge on any atom is 0.217 e. The van der Waals surface area contributed by atoms with Crippen molar-refractivity contribution in [2.45, 2.75) is 6.92 Å². The Kier molecular flexibility index (Phi) is 4.10. The maximum absolute atomic E-state index is 10.6. The van der Waals surface area contributed by atoms with Crippen molar-refractivity contribution in [3.8, 4) is 11.8 Å². The largest absolute Gasteiger partial charge is 0.384 e. The SMILES string of the molecule is CC(=O)NCC#Cc1ccccc1C(=N)N. The van der Waals surface area contributed by atoms with Gasteiger partial charge in [-0.2, -0.15) is 0 Å². The van der Waals surface area contributed by atoms with Crippen molar-refractivity contribution in [3.05, 3.63) is 35.4 Å². The lowest BCUT2D eigenvalue weighted by molar-refractivity contribution is -0.118. The first-order valence-electron chi connectivity index (χ1n) is 4.78. The Hall–Kier alpha value is -2.28. The number of amides is 1. The van der Waals surface area contributed by atoms with Gasteiger partial charge in [-0.05, 0) is 6.07 Å². The van der Waals surface area contributed by atoms with Gasteiger partial charge in [-0.1, -0.05) is 30.0 Å². The van der Waals surface area contributed by atoms with Gasteiger partial charge in [-0.25, -0.2) is 0 Å². The molecule has 0 saturated carbocycles. The number of carbonyl (C=O) groups is 1. The molecule has 1 aromatic carbocycles. The molecule has 82 valence electrons. The molecule has 0 unspecified atom stereocenters. The van der Waals surface area contributed by atoms with E-state index in [-0.39, 0.29) is 11.7 Å². The molecule has 1 rings (SSSR count). The van der Waals surface area contributed by atoms with E-state index < -0.39 is 0 Å². The van der Waals surface area contributed by atoms with Gasteiger partial charge in [0.2, 0.25) is 5.91 Å². The predicted molar refractivity (Wildman–Crippen MR) is 63.0 cm³/mol. The second-order valence-electron chi connectivity index (χ2n) is 3.17. The molecule has 0 aliphatic rings. The Morgan fingerprint density at radius 2 is 2.19 bits per heavy atom. The average Bonchev–Trinajstić information content (AvgIpc) is 2.24. The van der Waals surface area contributed by atoms with E-state index in [0.717, 1.165) is 0 Å². The summed E-state index contributed by atoms with van der Waals surface area (Å²) in [7, 11) is 0. The van der Waals surface area contributed by atoms with E-state index in [2.05, 4.69) is 17.2 Å². The summed E-state index contributed by atoms with van der Waals surface area (Å²) in [5.74, 6) is 5.53. The first kappa shape index (κ1) is 11.8. The molecule has 0 radical (unpaired) electrons. The minimum absolute atomic E-state index is 0.00979. The van der Waals surface area contributed by atoms with Crippen LogP contribution in [0.25, 0.3) is 0 Å². The Morgan fingerprint density at radius 1 is 1.50 bits per heavy atom. The van der Waals surface area contributed by atoms with Gasteiger partial charge in [-0.15, -0.1) is 0 Å². The van der Waals surface area contributed by atoms with Crippen molar-refractivity contribution >= 4 is 11.7 Å². The van der Waals surface area contributed by atoms with E-state index in [0.29, 0.717) is 17.7 Å². The minimum Gasteiger partial charge on any atom is -0.384 e. The van der Waals surface area contributed by atoms with Crippen LogP contribution < -0.4 is 11.1 Å². The van der Waals surface area contributed by atoms with Gasteiger partial charge >= 0.3 is 0 Å². The van der Waals surface area contributed by atoms with E-state index in [1.807, 2.05) is 6.07 Å². The Balaban J connectivity index is 2.80. The summed E-state index contributed by atoms with van der Waals surface area (Å²) < 4.78 is 0. The number of hydrogen-bond acceptors (Lipinski definition) is 2. The van der Waals surface area contributed by atoms with Crippen molar-refractivity contribution in [3.63, 3.8) is 0 Å². The van der Waals surface area contributed by atoms with E-state index in [1.165, 1.54) is 6.92 Å². The van der Waals surface area contributed by atoms with E-state index in [4.69, 9.17) is 11.1 Å². The van der Waals surface area contributed by atoms with Crippen molar-refractivity contribution in [1.29, 1.82) is 5.41 Å². The number of benzene rings is 1. The number of amidine groups is 1. The second kappa shape index (κ2) is 5.56. The molecule has 0 atom stereocenters. The zero-order valence-electron chi connectivity index (χ0n) is 9.00. The number of nitrogens with two attached hydrogens (primary N) is 1. The van der Waals surface area contributed by atoms with Gasteiger partial charge in [-0.3, -0.25) is 10.2 Å². The highest BCUT2D eigenvalue weighted by atomic mass is 16.1. The number of hydrogen-bond donors (Lipinski definition) is 3. The van der Waals surface area contributed by atoms with Crippen molar-refractivity contribution in [1.82, 2.24) is 5.32 Å². The van der Waals surface area contributed by atoms with Crippen LogP contribution in [0, 0.1) is 17.3 Å². The van der Waals surface area contributed by atoms with Crippen LogP contribution in [0.3, 0.4) is 0 Å². The third-order valence-electron chi connectivity index (χ3n) is 1.87. The summed E-state index contributed by atoms with van der Waals surface area (Å²) in [6.45, 7) is 1.73. The topological polar surface area (TPSA) is 79.0 Å². The number of rotatable bonds is 2. The Morgan fingerprint density at radius 3 is 2.81 bits per heavy atom. The van der Waals surface area contributed by atoms with E-state index >= 15 is 0 Å². The standard InChI is InChI=1S/C12H13N3O/c1-9(16)15-8-4-6-10-5-2-3-7-11(10)12(13)14/h2-3,5,7H,8H2,1H3,(H3,13,14)(H,15,16). The first-order valence-corrected chi connectivity index (χ1v) is 4.78. The highest BCUT2D eigenvalue weighted by Crippen LogP contribution is 2.05. The molecular formula is C12H13N3O. The average molecular weight is 215 g/mol. The van der Waals surface area contributed by atoms with Gasteiger partial charge in [0.25, 0.3) is 0 Å². The zero-order valence-corrected chi connectivity index (χ0v) is 9.00. The molecule has 1 amide bonds. The molecule has 4 nitrogen and oxygen atoms in total. The van der Waals surface area contributed by atoms with Gasteiger partial charge in [0.15, 0.2) is 0 Å². The van der Waals surface area contributed by atoms with Gasteiger partial charge in [0.1, 0.15) is 5.84 Å². The lowest BCUT2D eigenvalue weighted by Gasteiger charge is -2.00. The van der Waals surface area contributed by atoms with Crippen molar-refractivity contribution < 1.29 is 4.79 Å². The minimum atomic E-state index is -0.117. The fraction of sp³-hybridized carbons (Fsp3) is 0.167. The van der Waals surface area contributed by atoms with Crippen LogP contribution in [-0.2, 0) is 4.79 Å². The van der Waals surface area contributed by atoms with Crippen molar-refractivity contribution in [2.24, 2.45) is 5.73 Å². The molecule has 4 N–H and O–H groups in total. The van der Waals surface area contributed by atoms with Gasteiger partial charge in [0, 0.05) is 18.1 Å². The number of carbonyl (C=O) groups excluding carboxylic acids is 1. The van der Waals surface area contributed by atoms with E-state index in [1.54, 1.807) is 18.2 Å². The number of nitrogens with one attached hydrogen (secondary N) is 2. The monoisotopic (exact) mass is 215 g/mol. The van der Waals surface area contributed by atoms with Crippen LogP contribution in [0.5, 0.6) is 0 Å². The molecule has 0 spiro atoms. The smallest absolute Gasteiger partial charge is 0.217 e. The van der Waals surface area contributed by atoms with Crippen LogP contribution in [-0.4, -0.2) is 18.3 Å². The quantitative estimate of drug-likeness (QED) is 0.380.